The van der Waals surface area contributed by atoms with Gasteiger partial charge >= 0.3 is 11.9 Å². The molecule has 0 aliphatic carbocycles. The van der Waals surface area contributed by atoms with Crippen molar-refractivity contribution >= 4 is 131 Å². The number of hydrogen-bond acceptors (Lipinski definition) is 32. The number of ether oxygens (including phenoxy) is 6. The number of aliphatic carboxylic acids is 2. The van der Waals surface area contributed by atoms with Crippen LogP contribution in [0.3, 0.4) is 0 Å². The molecule has 5 amide bonds. The van der Waals surface area contributed by atoms with Crippen molar-refractivity contribution in [1.82, 2.24) is 90.0 Å². The van der Waals surface area contributed by atoms with Crippen LogP contribution in [0.1, 0.15) is 88.0 Å². The molecule has 3 atom stereocenters. The average Bonchev–Trinajstić information content (AvgIpc) is 1.58. The monoisotopic (exact) mass is 2150 g/mol. The van der Waals surface area contributed by atoms with E-state index in [2.05, 4.69) is 101 Å². The third-order valence-corrected chi connectivity index (χ3v) is 29.3. The van der Waals surface area contributed by atoms with Gasteiger partial charge in [-0.05, 0) is 176 Å². The fourth-order valence-electron chi connectivity index (χ4n) is 14.6. The minimum Gasteiger partial charge on any atom is -0.480 e. The highest BCUT2D eigenvalue weighted by molar-refractivity contribution is 7.90. The Morgan fingerprint density at radius 1 is 0.403 bits per heavy atom. The van der Waals surface area contributed by atoms with Gasteiger partial charge < -0.3 is 85.8 Å². The zero-order chi connectivity index (χ0) is 106. The van der Waals surface area contributed by atoms with Gasteiger partial charge in [-0.15, -0.1) is 5.11 Å². The fraction of sp³-hybridized carbons (Fsp3) is 0.354. The molecule has 0 spiro atoms. The molecule has 0 saturated heterocycles. The van der Waals surface area contributed by atoms with Gasteiger partial charge in [0.25, 0.3) is 27.8 Å². The second kappa shape index (κ2) is 56.8. The molecule has 0 aliphatic heterocycles. The summed E-state index contributed by atoms with van der Waals surface area (Å²) in [5, 5.41) is 57.6. The van der Waals surface area contributed by atoms with Crippen molar-refractivity contribution in [3.8, 4) is 22.3 Å². The van der Waals surface area contributed by atoms with E-state index in [1.807, 2.05) is 0 Å². The van der Waals surface area contributed by atoms with E-state index in [0.29, 0.717) is 96.8 Å². The maximum atomic E-state index is 13.7. The first-order valence-electron chi connectivity index (χ1n) is 47.3. The summed E-state index contributed by atoms with van der Waals surface area (Å²) in [7, 11) is -21.2. The Hall–Kier alpha value is -14.2. The standard InChI is InChI=1S/C96H116N22O26S5/c119-88(97-37-5-47-139-51-55-143-57-53-141-49-7-39-111-145(128,129)77-22-11-67(12-23-77)69-15-26-79(27-16-69)147(132,133)115-82(93(124)125)65-106-89(120)71-19-31-84-75(59-71)63-109-117(84)45-3-35-99-95-101-41-42-102-95)34-30-81(113-91(122)74-21-33-87(105-61-74)114-108-62-73-9-1-2-10-86(73)149(136,137)138)92(123)98-38-6-48-140-52-56-144-58-54-142-50-8-40-112-146(130,131)78-24-13-68(14-25-78)70-17-28-80(29-18-70)148(134,135)116-83(94(126)127)66-107-90(121)72-20-32-85-76(60-72)64-110-118(85)46-4-36-100-96-103-43-44-104-96/h1-2,9-29,31-33,41-44,59-61,63-64,81-83,111-112,115-116H,3-8,30,34-40,45-58,62,65-66H2,(H,97,119)(H,98,123)(H,106,120)(H,107,121)(H,113,122)(H,124,125)(H,126,127)(H2,99,101,102)(H2,100,103,104)(H,136,137,138). The number of hydrogen-bond donors (Lipinski definition) is 16. The number of H-pyrrole nitrogens is 2. The first-order chi connectivity index (χ1) is 71.7. The van der Waals surface area contributed by atoms with Crippen LogP contribution in [-0.2, 0) is 117 Å². The summed E-state index contributed by atoms with van der Waals surface area (Å²) in [6.45, 7) is 4.25. The number of nitrogens with zero attached hydrogens (tertiary/aromatic N) is 9. The van der Waals surface area contributed by atoms with Crippen LogP contribution in [0.15, 0.2) is 248 Å². The Kier molecular flexibility index (Phi) is 43.3. The van der Waals surface area contributed by atoms with E-state index in [1.54, 1.807) is 113 Å². The van der Waals surface area contributed by atoms with Gasteiger partial charge in [-0.25, -0.2) is 58.1 Å². The molecule has 0 saturated carbocycles. The lowest BCUT2D eigenvalue weighted by molar-refractivity contribution is -0.139. The third kappa shape index (κ3) is 36.1. The molecule has 48 nitrogen and oxygen atoms in total. The summed E-state index contributed by atoms with van der Waals surface area (Å²) >= 11 is 0. The number of carboxylic acid groups (broad SMARTS) is 2. The van der Waals surface area contributed by atoms with Crippen LogP contribution in [0.5, 0.6) is 0 Å². The lowest BCUT2D eigenvalue weighted by Gasteiger charge is -2.18. The predicted molar refractivity (Wildman–Crippen MR) is 544 cm³/mol. The van der Waals surface area contributed by atoms with E-state index < -0.39 is 123 Å². The number of imidazole rings is 2. The lowest BCUT2D eigenvalue weighted by atomic mass is 10.1. The van der Waals surface area contributed by atoms with Crippen LogP contribution in [0.25, 0.3) is 44.1 Å². The van der Waals surface area contributed by atoms with Crippen molar-refractivity contribution in [2.75, 3.05) is 142 Å². The number of nitrogens with one attached hydrogen (secondary N) is 13. The number of fused-ring (bicyclic) bond motifs is 2. The van der Waals surface area contributed by atoms with Crippen LogP contribution in [0, 0.1) is 0 Å². The Bertz CT molecular complexity index is 7070. The molecule has 0 bridgehead atoms. The highest BCUT2D eigenvalue weighted by atomic mass is 32.2. The molecule has 0 fully saturated rings. The number of sulfonamides is 4. The third-order valence-electron chi connectivity index (χ3n) is 22.4. The number of aromatic amines is 2. The molecule has 3 unspecified atom stereocenters. The SMILES string of the molecule is O=C(CCC(NC(=O)c1ccc(N=NCc2ccccc2S(=O)(=O)O)nc1)C(=O)NCCCOCCOCCOCCCNS(=O)(=O)c1ccc(-c2ccc(S(=O)(=O)NC(CNC(=O)c3ccc4c(cnn4CCCNc4ncc[nH]4)c3)C(=O)O)cc2)cc1)NCCCOCCOCCOCCCNS(=O)(=O)c1ccc(-c2ccc(S(=O)(=O)NC(CNC(=O)c3ccc4c(cnn4CCCNc4ncc[nH]4)c3)C(=O)O)cc2)cc1. The highest BCUT2D eigenvalue weighted by Gasteiger charge is 2.31. The Balaban J connectivity index is 0.480. The number of carbonyl (C=O) groups excluding carboxylic acids is 5. The van der Waals surface area contributed by atoms with Crippen LogP contribution in [0.2, 0.25) is 0 Å². The zero-order valence-corrected chi connectivity index (χ0v) is 84.7. The molecule has 12 aromatic rings. The Labute approximate surface area is 858 Å². The molecular weight excluding hydrogens is 2040 g/mol. The molecule has 53 heteroatoms. The van der Waals surface area contributed by atoms with Gasteiger partial charge in [0.1, 0.15) is 18.1 Å². The number of rotatable bonds is 68. The molecule has 16 N–H and O–H groups in total. The number of carbonyl (C=O) groups is 7. The fourth-order valence-corrected chi connectivity index (χ4v) is 19.9. The van der Waals surface area contributed by atoms with Crippen molar-refractivity contribution in [2.45, 2.75) is 114 Å². The van der Waals surface area contributed by atoms with E-state index in [1.165, 1.54) is 109 Å². The van der Waals surface area contributed by atoms with Gasteiger partial charge in [-0.2, -0.15) is 33.2 Å². The number of benzene rings is 7. The highest BCUT2D eigenvalue weighted by Crippen LogP contribution is 2.28. The molecular formula is C96H116N22O26S5. The van der Waals surface area contributed by atoms with Crippen molar-refractivity contribution in [3.05, 3.63) is 235 Å². The van der Waals surface area contributed by atoms with E-state index >= 15 is 0 Å². The van der Waals surface area contributed by atoms with Crippen LogP contribution >= 0.6 is 0 Å². The summed E-state index contributed by atoms with van der Waals surface area (Å²) in [5.41, 5.74) is 4.40. The smallest absolute Gasteiger partial charge is 0.323 e. The molecule has 5 heterocycles. The number of carboxylic acids is 2. The van der Waals surface area contributed by atoms with Gasteiger partial charge in [-0.3, -0.25) is 47.5 Å². The predicted octanol–water partition coefficient (Wildman–Crippen LogP) is 6.15. The van der Waals surface area contributed by atoms with E-state index in [9.17, 15) is 90.4 Å². The minimum atomic E-state index is -4.53. The number of aryl methyl sites for hydroxylation is 2. The van der Waals surface area contributed by atoms with Gasteiger partial charge in [-0.1, -0.05) is 66.7 Å². The molecule has 149 heavy (non-hydrogen) atoms. The molecule has 12 rings (SSSR count). The number of anilines is 2. The second-order valence-electron chi connectivity index (χ2n) is 33.2. The number of azo groups is 1. The van der Waals surface area contributed by atoms with Gasteiger partial charge in [0, 0.05) is 151 Å². The van der Waals surface area contributed by atoms with E-state index in [4.69, 9.17) is 28.4 Å². The van der Waals surface area contributed by atoms with E-state index in [-0.39, 0.29) is 177 Å². The van der Waals surface area contributed by atoms with Crippen LogP contribution in [-0.4, -0.2) is 293 Å². The van der Waals surface area contributed by atoms with Gasteiger partial charge in [0.2, 0.25) is 51.9 Å². The van der Waals surface area contributed by atoms with Crippen molar-refractivity contribution in [3.63, 3.8) is 0 Å². The summed E-state index contributed by atoms with van der Waals surface area (Å²) in [6, 6.07) is 36.4. The topological polar surface area (TPSA) is 669 Å². The molecule has 0 radical (unpaired) electrons. The quantitative estimate of drug-likeness (QED) is 0.0115. The van der Waals surface area contributed by atoms with Crippen molar-refractivity contribution in [2.24, 2.45) is 10.2 Å². The number of pyridine rings is 1. The molecule has 5 aromatic heterocycles. The van der Waals surface area contributed by atoms with Crippen LogP contribution < -0.4 is 56.1 Å². The Morgan fingerprint density at radius 3 is 1.21 bits per heavy atom. The van der Waals surface area contributed by atoms with Crippen molar-refractivity contribution in [1.29, 1.82) is 0 Å². The molecule has 7 aromatic carbocycles. The molecule has 0 aliphatic rings. The Morgan fingerprint density at radius 2 is 0.805 bits per heavy atom. The average molecular weight is 2150 g/mol. The summed E-state index contributed by atoms with van der Waals surface area (Å²) in [4.78, 5) is 109. The van der Waals surface area contributed by atoms with Crippen molar-refractivity contribution < 1.29 is 119 Å². The first kappa shape index (κ1) is 114. The summed E-state index contributed by atoms with van der Waals surface area (Å²) < 4.78 is 186. The minimum absolute atomic E-state index is 0.0177. The zero-order valence-electron chi connectivity index (χ0n) is 80.7. The second-order valence-corrected chi connectivity index (χ2v) is 41.6. The van der Waals surface area contributed by atoms with Crippen LogP contribution in [0.4, 0.5) is 17.7 Å². The van der Waals surface area contributed by atoms with Gasteiger partial charge in [0.05, 0.1) is 113 Å². The number of aromatic nitrogens is 9. The van der Waals surface area contributed by atoms with Gasteiger partial charge in [0.15, 0.2) is 17.7 Å². The lowest BCUT2D eigenvalue weighted by Crippen LogP contribution is -2.48. The largest absolute Gasteiger partial charge is 0.480 e. The molecule has 796 valence electrons. The maximum absolute atomic E-state index is 13.7. The normalized spacial score (nSPS) is 12.6. The number of amides is 5. The van der Waals surface area contributed by atoms with E-state index in [0.717, 1.165) is 23.9 Å². The summed E-state index contributed by atoms with van der Waals surface area (Å²) in [5.74, 6) is -4.60. The summed E-state index contributed by atoms with van der Waals surface area (Å²) in [6.07, 6.45) is 13.8. The maximum Gasteiger partial charge on any atom is 0.323 e. The first-order valence-corrected chi connectivity index (χ1v) is 54.7.